The lowest BCUT2D eigenvalue weighted by atomic mass is 10.3. The van der Waals surface area contributed by atoms with E-state index in [4.69, 9.17) is 0 Å². The Hall–Kier alpha value is -1.13. The minimum Gasteiger partial charge on any atom is -0.360 e. The number of thiophene rings is 2. The van der Waals surface area contributed by atoms with Crippen molar-refractivity contribution in [2.75, 3.05) is 33.2 Å². The molecule has 1 fully saturated rings. The van der Waals surface area contributed by atoms with Gasteiger partial charge < -0.3 is 19.8 Å². The number of likely N-dealkylation sites (N-methyl/N-ethyl adjacent to an activating group) is 1. The molecule has 0 unspecified atom stereocenters. The number of hydrogen-bond donors (Lipinski definition) is 2. The van der Waals surface area contributed by atoms with Crippen LogP contribution < -0.4 is 0 Å². The van der Waals surface area contributed by atoms with Crippen LogP contribution in [0.15, 0.2) is 38.0 Å². The number of H-pyrrole nitrogens is 2. The topological polar surface area (TPSA) is 55.1 Å². The van der Waals surface area contributed by atoms with E-state index in [2.05, 4.69) is 65.2 Å². The average molecular weight is 530 g/mol. The first kappa shape index (κ1) is 19.2. The third-order valence-electron chi connectivity index (χ3n) is 4.57. The van der Waals surface area contributed by atoms with E-state index >= 15 is 0 Å². The summed E-state index contributed by atoms with van der Waals surface area (Å²) in [6.45, 7) is 3.52. The van der Waals surface area contributed by atoms with Crippen LogP contribution in [0.5, 0.6) is 0 Å². The lowest BCUT2D eigenvalue weighted by molar-refractivity contribution is 0.0659. The molecule has 27 heavy (non-hydrogen) atoms. The van der Waals surface area contributed by atoms with E-state index < -0.39 is 0 Å². The van der Waals surface area contributed by atoms with Crippen molar-refractivity contribution in [3.05, 3.63) is 43.7 Å². The summed E-state index contributed by atoms with van der Waals surface area (Å²) >= 11 is 10.3. The van der Waals surface area contributed by atoms with E-state index in [0.29, 0.717) is 5.69 Å². The number of rotatable bonds is 1. The lowest BCUT2D eigenvalue weighted by Crippen LogP contribution is -2.47. The number of nitrogens with one attached hydrogen (secondary N) is 2. The van der Waals surface area contributed by atoms with Gasteiger partial charge in [0.25, 0.3) is 5.91 Å². The van der Waals surface area contributed by atoms with Crippen molar-refractivity contribution < 1.29 is 4.79 Å². The largest absolute Gasteiger partial charge is 0.360 e. The fourth-order valence-corrected chi connectivity index (χ4v) is 6.05. The van der Waals surface area contributed by atoms with E-state index in [1.807, 2.05) is 22.5 Å². The summed E-state index contributed by atoms with van der Waals surface area (Å²) in [6.07, 6.45) is 1.95. The average Bonchev–Trinajstić information content (AvgIpc) is 3.42. The number of nitrogens with zero attached hydrogens (tertiary/aromatic N) is 2. The summed E-state index contributed by atoms with van der Waals surface area (Å²) in [5, 5.41) is 4.12. The Bertz CT molecular complexity index is 1070. The molecule has 0 atom stereocenters. The smallest absolute Gasteiger partial charge is 0.270 e. The molecule has 0 spiro atoms. The Kier molecular flexibility index (Phi) is 5.75. The van der Waals surface area contributed by atoms with Crippen molar-refractivity contribution in [1.29, 1.82) is 0 Å². The first-order chi connectivity index (χ1) is 13.0. The zero-order valence-electron chi connectivity index (χ0n) is 14.6. The molecule has 0 radical (unpaired) electrons. The number of halogens is 2. The number of piperazine rings is 1. The summed E-state index contributed by atoms with van der Waals surface area (Å²) in [7, 11) is 2.09. The SMILES string of the molecule is Brc1csc2cc[nH]c12.CN1CCN(C(=O)c2cc3scc(Br)c3[nH]2)CC1. The van der Waals surface area contributed by atoms with Gasteiger partial charge in [-0.1, -0.05) is 0 Å². The molecule has 5 rings (SSSR count). The quantitative estimate of drug-likeness (QED) is 0.348. The fourth-order valence-electron chi connectivity index (χ4n) is 2.99. The molecule has 0 saturated carbocycles. The number of aromatic amines is 2. The molecule has 0 aromatic carbocycles. The molecule has 0 bridgehead atoms. The van der Waals surface area contributed by atoms with Gasteiger partial charge in [-0.15, -0.1) is 22.7 Å². The minimum absolute atomic E-state index is 0.110. The molecule has 2 N–H and O–H groups in total. The van der Waals surface area contributed by atoms with Crippen LogP contribution in [-0.2, 0) is 0 Å². The highest BCUT2D eigenvalue weighted by Gasteiger charge is 2.22. The summed E-state index contributed by atoms with van der Waals surface area (Å²) in [4.78, 5) is 22.9. The van der Waals surface area contributed by atoms with Crippen LogP contribution in [0.4, 0.5) is 0 Å². The van der Waals surface area contributed by atoms with Crippen molar-refractivity contribution in [2.24, 2.45) is 0 Å². The lowest BCUT2D eigenvalue weighted by Gasteiger charge is -2.32. The van der Waals surface area contributed by atoms with E-state index in [9.17, 15) is 4.79 Å². The molecule has 142 valence electrons. The van der Waals surface area contributed by atoms with E-state index in [0.717, 1.165) is 45.3 Å². The maximum atomic E-state index is 12.4. The Balaban J connectivity index is 0.000000167. The highest BCUT2D eigenvalue weighted by molar-refractivity contribution is 9.11. The van der Waals surface area contributed by atoms with Crippen molar-refractivity contribution in [3.8, 4) is 0 Å². The first-order valence-corrected chi connectivity index (χ1v) is 11.8. The van der Waals surface area contributed by atoms with Crippen LogP contribution in [0.25, 0.3) is 20.4 Å². The fraction of sp³-hybridized carbons (Fsp3) is 0.278. The molecular weight excluding hydrogens is 512 g/mol. The molecule has 1 aliphatic rings. The van der Waals surface area contributed by atoms with Crippen LogP contribution in [0.2, 0.25) is 0 Å². The maximum Gasteiger partial charge on any atom is 0.270 e. The number of aromatic nitrogens is 2. The first-order valence-electron chi connectivity index (χ1n) is 8.46. The summed E-state index contributed by atoms with van der Waals surface area (Å²) in [5.41, 5.74) is 2.93. The van der Waals surface area contributed by atoms with E-state index in [-0.39, 0.29) is 5.91 Å². The third kappa shape index (κ3) is 4.02. The maximum absolute atomic E-state index is 12.4. The van der Waals surface area contributed by atoms with Gasteiger partial charge in [0.1, 0.15) is 5.69 Å². The van der Waals surface area contributed by atoms with E-state index in [1.165, 1.54) is 10.2 Å². The van der Waals surface area contributed by atoms with Gasteiger partial charge >= 0.3 is 0 Å². The zero-order valence-corrected chi connectivity index (χ0v) is 19.4. The van der Waals surface area contributed by atoms with Gasteiger partial charge in [0.2, 0.25) is 0 Å². The monoisotopic (exact) mass is 528 g/mol. The van der Waals surface area contributed by atoms with Gasteiger partial charge in [-0.25, -0.2) is 0 Å². The molecule has 4 aromatic heterocycles. The van der Waals surface area contributed by atoms with Crippen molar-refractivity contribution in [2.45, 2.75) is 0 Å². The second-order valence-corrected chi connectivity index (χ2v) is 9.93. The molecular formula is C18H18Br2N4OS2. The van der Waals surface area contributed by atoms with Gasteiger partial charge in [0.05, 0.1) is 29.4 Å². The second-order valence-electron chi connectivity index (χ2n) is 6.40. The summed E-state index contributed by atoms with van der Waals surface area (Å²) < 4.78 is 4.62. The van der Waals surface area contributed by atoms with Crippen LogP contribution >= 0.6 is 54.5 Å². The van der Waals surface area contributed by atoms with Crippen LogP contribution in [0, 0.1) is 0 Å². The van der Waals surface area contributed by atoms with Gasteiger partial charge in [-0.3, -0.25) is 4.79 Å². The highest BCUT2D eigenvalue weighted by Crippen LogP contribution is 2.31. The van der Waals surface area contributed by atoms with Crippen LogP contribution in [0.3, 0.4) is 0 Å². The van der Waals surface area contributed by atoms with Crippen molar-refractivity contribution >= 4 is 80.9 Å². The van der Waals surface area contributed by atoms with E-state index in [1.54, 1.807) is 22.7 Å². The predicted molar refractivity (Wildman–Crippen MR) is 121 cm³/mol. The van der Waals surface area contributed by atoms with Crippen molar-refractivity contribution in [1.82, 2.24) is 19.8 Å². The van der Waals surface area contributed by atoms with Crippen molar-refractivity contribution in [3.63, 3.8) is 0 Å². The Labute approximate surface area is 181 Å². The zero-order chi connectivity index (χ0) is 19.0. The number of carbonyl (C=O) groups is 1. The Morgan fingerprint density at radius 1 is 1.04 bits per heavy atom. The highest BCUT2D eigenvalue weighted by atomic mass is 79.9. The predicted octanol–water partition coefficient (Wildman–Crippen LogP) is 5.37. The Morgan fingerprint density at radius 3 is 2.37 bits per heavy atom. The molecule has 1 saturated heterocycles. The molecule has 4 aromatic rings. The molecule has 1 amide bonds. The number of amides is 1. The minimum atomic E-state index is 0.110. The number of fused-ring (bicyclic) bond motifs is 2. The van der Waals surface area contributed by atoms with Gasteiger partial charge in [0, 0.05) is 43.1 Å². The van der Waals surface area contributed by atoms with Gasteiger partial charge in [-0.05, 0) is 51.0 Å². The standard InChI is InChI=1S/C12H14BrN3OS.C6H4BrNS/c1-15-2-4-16(5-3-15)12(17)9-6-10-11(14-9)8(13)7-18-10;7-4-3-9-5-1-2-8-6(4)5/h6-7,14H,2-5H2,1H3;1-3,8H. The Morgan fingerprint density at radius 2 is 1.70 bits per heavy atom. The normalized spacial score (nSPS) is 15.3. The van der Waals surface area contributed by atoms with Crippen LogP contribution in [-0.4, -0.2) is 58.9 Å². The molecule has 9 heteroatoms. The van der Waals surface area contributed by atoms with Crippen LogP contribution in [0.1, 0.15) is 10.5 Å². The molecule has 0 aliphatic carbocycles. The number of hydrogen-bond acceptors (Lipinski definition) is 4. The second kappa shape index (κ2) is 8.08. The van der Waals surface area contributed by atoms with Gasteiger partial charge in [0.15, 0.2) is 0 Å². The molecule has 5 heterocycles. The van der Waals surface area contributed by atoms with Gasteiger partial charge in [-0.2, -0.15) is 0 Å². The summed E-state index contributed by atoms with van der Waals surface area (Å²) in [5.74, 6) is 0.110. The molecule has 1 aliphatic heterocycles. The third-order valence-corrected chi connectivity index (χ3v) is 8.30. The number of carbonyl (C=O) groups excluding carboxylic acids is 1. The summed E-state index contributed by atoms with van der Waals surface area (Å²) in [6, 6.07) is 4.02. The molecule has 5 nitrogen and oxygen atoms in total.